The van der Waals surface area contributed by atoms with Crippen molar-refractivity contribution in [3.63, 3.8) is 0 Å². The first-order chi connectivity index (χ1) is 10.7. The lowest BCUT2D eigenvalue weighted by Gasteiger charge is -2.37. The lowest BCUT2D eigenvalue weighted by Crippen LogP contribution is -2.46. The zero-order chi connectivity index (χ0) is 15.4. The third-order valence-electron chi connectivity index (χ3n) is 4.33. The third-order valence-corrected chi connectivity index (χ3v) is 4.33. The molecule has 0 saturated carbocycles. The van der Waals surface area contributed by atoms with Gasteiger partial charge in [-0.15, -0.1) is 0 Å². The van der Waals surface area contributed by atoms with Gasteiger partial charge in [0.2, 0.25) is 0 Å². The Morgan fingerprint density at radius 1 is 1.32 bits per heavy atom. The fourth-order valence-corrected chi connectivity index (χ4v) is 2.99. The van der Waals surface area contributed by atoms with Crippen LogP contribution in [-0.4, -0.2) is 52.1 Å². The molecule has 3 rings (SSSR count). The molecule has 1 fully saturated rings. The van der Waals surface area contributed by atoms with Crippen LogP contribution in [0, 0.1) is 0 Å². The average Bonchev–Trinajstić information content (AvgIpc) is 3.08. The van der Waals surface area contributed by atoms with E-state index >= 15 is 0 Å². The van der Waals surface area contributed by atoms with Gasteiger partial charge in [-0.25, -0.2) is 0 Å². The van der Waals surface area contributed by atoms with Crippen LogP contribution in [0.5, 0.6) is 0 Å². The maximum Gasteiger partial charge on any atom is 0.257 e. The van der Waals surface area contributed by atoms with Crippen molar-refractivity contribution in [2.75, 3.05) is 20.1 Å². The van der Waals surface area contributed by atoms with Gasteiger partial charge >= 0.3 is 0 Å². The summed E-state index contributed by atoms with van der Waals surface area (Å²) in [5.41, 5.74) is 1.80. The normalized spacial score (nSPS) is 16.6. The van der Waals surface area contributed by atoms with E-state index in [0.29, 0.717) is 18.2 Å². The topological polar surface area (TPSA) is 52.2 Å². The van der Waals surface area contributed by atoms with Crippen LogP contribution in [0.4, 0.5) is 0 Å². The summed E-state index contributed by atoms with van der Waals surface area (Å²) in [6, 6.07) is 10.5. The van der Waals surface area contributed by atoms with E-state index < -0.39 is 0 Å². The Hall–Kier alpha value is -2.14. The quantitative estimate of drug-likeness (QED) is 0.941. The highest BCUT2D eigenvalue weighted by molar-refractivity contribution is 5.93. The van der Waals surface area contributed by atoms with Gasteiger partial charge in [0, 0.05) is 18.8 Å². The summed E-state index contributed by atoms with van der Waals surface area (Å²) >= 11 is 0. The van der Waals surface area contributed by atoms with E-state index in [1.54, 1.807) is 12.4 Å². The molecule has 1 aliphatic rings. The summed E-state index contributed by atoms with van der Waals surface area (Å²) in [7, 11) is 2.13. The SMILES string of the molecule is CN1CCC(N(Cc2ccccc2)C(=O)c2cn[nH]c2)CC1. The molecule has 5 nitrogen and oxygen atoms in total. The highest BCUT2D eigenvalue weighted by Crippen LogP contribution is 2.20. The molecular weight excluding hydrogens is 276 g/mol. The number of aromatic nitrogens is 2. The van der Waals surface area contributed by atoms with Gasteiger partial charge < -0.3 is 9.80 Å². The molecule has 2 heterocycles. The standard InChI is InChI=1S/C17H22N4O/c1-20-9-7-16(8-10-20)21(13-14-5-3-2-4-6-14)17(22)15-11-18-19-12-15/h2-6,11-12,16H,7-10,13H2,1H3,(H,18,19). The zero-order valence-electron chi connectivity index (χ0n) is 12.9. The Kier molecular flexibility index (Phi) is 4.53. The minimum absolute atomic E-state index is 0.0622. The van der Waals surface area contributed by atoms with Gasteiger partial charge in [0.1, 0.15) is 0 Å². The minimum Gasteiger partial charge on any atom is -0.331 e. The Bertz CT molecular complexity index is 588. The molecule has 0 radical (unpaired) electrons. The monoisotopic (exact) mass is 298 g/mol. The van der Waals surface area contributed by atoms with E-state index in [-0.39, 0.29) is 5.91 Å². The van der Waals surface area contributed by atoms with Gasteiger partial charge in [-0.1, -0.05) is 30.3 Å². The number of likely N-dealkylation sites (tertiary alicyclic amines) is 1. The molecule has 0 unspecified atom stereocenters. The maximum absolute atomic E-state index is 12.8. The molecule has 22 heavy (non-hydrogen) atoms. The number of nitrogens with one attached hydrogen (secondary N) is 1. The average molecular weight is 298 g/mol. The van der Waals surface area contributed by atoms with Gasteiger partial charge in [-0.2, -0.15) is 5.10 Å². The summed E-state index contributed by atoms with van der Waals surface area (Å²) < 4.78 is 0. The summed E-state index contributed by atoms with van der Waals surface area (Å²) in [5, 5.41) is 6.64. The van der Waals surface area contributed by atoms with Gasteiger partial charge in [0.25, 0.3) is 5.91 Å². The van der Waals surface area contributed by atoms with Crippen LogP contribution in [-0.2, 0) is 6.54 Å². The number of nitrogens with zero attached hydrogens (tertiary/aromatic N) is 3. The van der Waals surface area contributed by atoms with Crippen LogP contribution in [0.25, 0.3) is 0 Å². The fraction of sp³-hybridized carbons (Fsp3) is 0.412. The second-order valence-corrected chi connectivity index (χ2v) is 5.94. The lowest BCUT2D eigenvalue weighted by molar-refractivity contribution is 0.0569. The Balaban J connectivity index is 1.80. The third kappa shape index (κ3) is 3.36. The molecule has 1 aliphatic heterocycles. The lowest BCUT2D eigenvalue weighted by atomic mass is 10.0. The molecule has 5 heteroatoms. The van der Waals surface area contributed by atoms with Crippen molar-refractivity contribution in [3.8, 4) is 0 Å². The Morgan fingerprint density at radius 2 is 2.05 bits per heavy atom. The van der Waals surface area contributed by atoms with E-state index in [1.165, 1.54) is 5.56 Å². The first kappa shape index (κ1) is 14.8. The van der Waals surface area contributed by atoms with Gasteiger partial charge in [0.15, 0.2) is 0 Å². The predicted octanol–water partition coefficient (Wildman–Crippen LogP) is 2.15. The number of carbonyl (C=O) groups is 1. The number of hydrogen-bond acceptors (Lipinski definition) is 3. The maximum atomic E-state index is 12.8. The van der Waals surface area contributed by atoms with E-state index in [2.05, 4.69) is 34.3 Å². The Morgan fingerprint density at radius 3 is 2.68 bits per heavy atom. The van der Waals surface area contributed by atoms with Crippen molar-refractivity contribution in [1.29, 1.82) is 0 Å². The molecule has 1 amide bonds. The zero-order valence-corrected chi connectivity index (χ0v) is 12.9. The van der Waals surface area contributed by atoms with Crippen LogP contribution in [0.15, 0.2) is 42.7 Å². The Labute approximate surface area is 130 Å². The van der Waals surface area contributed by atoms with E-state index in [0.717, 1.165) is 25.9 Å². The number of H-pyrrole nitrogens is 1. The van der Waals surface area contributed by atoms with Crippen LogP contribution < -0.4 is 0 Å². The summed E-state index contributed by atoms with van der Waals surface area (Å²) in [6.45, 7) is 2.72. The largest absolute Gasteiger partial charge is 0.331 e. The van der Waals surface area contributed by atoms with Crippen molar-refractivity contribution < 1.29 is 4.79 Å². The van der Waals surface area contributed by atoms with Crippen LogP contribution in [0.2, 0.25) is 0 Å². The van der Waals surface area contributed by atoms with Crippen molar-refractivity contribution in [2.45, 2.75) is 25.4 Å². The van der Waals surface area contributed by atoms with Crippen molar-refractivity contribution in [2.24, 2.45) is 0 Å². The minimum atomic E-state index is 0.0622. The first-order valence-electron chi connectivity index (χ1n) is 7.76. The first-order valence-corrected chi connectivity index (χ1v) is 7.76. The van der Waals surface area contributed by atoms with E-state index in [1.807, 2.05) is 23.1 Å². The van der Waals surface area contributed by atoms with Gasteiger partial charge in [0.05, 0.1) is 11.8 Å². The molecule has 0 atom stereocenters. The number of carbonyl (C=O) groups excluding carboxylic acids is 1. The van der Waals surface area contributed by atoms with Crippen molar-refractivity contribution in [3.05, 3.63) is 53.9 Å². The molecule has 1 saturated heterocycles. The fourth-order valence-electron chi connectivity index (χ4n) is 2.99. The highest BCUT2D eigenvalue weighted by Gasteiger charge is 2.28. The summed E-state index contributed by atoms with van der Waals surface area (Å²) in [4.78, 5) is 17.2. The molecule has 1 aromatic heterocycles. The smallest absolute Gasteiger partial charge is 0.257 e. The highest BCUT2D eigenvalue weighted by atomic mass is 16.2. The second-order valence-electron chi connectivity index (χ2n) is 5.94. The van der Waals surface area contributed by atoms with Crippen molar-refractivity contribution in [1.82, 2.24) is 20.0 Å². The summed E-state index contributed by atoms with van der Waals surface area (Å²) in [5.74, 6) is 0.0622. The predicted molar refractivity (Wildman–Crippen MR) is 85.4 cm³/mol. The molecule has 2 aromatic rings. The number of aromatic amines is 1. The van der Waals surface area contributed by atoms with Crippen LogP contribution >= 0.6 is 0 Å². The second kappa shape index (κ2) is 6.75. The number of rotatable bonds is 4. The molecule has 0 bridgehead atoms. The van der Waals surface area contributed by atoms with Crippen LogP contribution in [0.1, 0.15) is 28.8 Å². The number of benzene rings is 1. The molecule has 116 valence electrons. The molecule has 1 N–H and O–H groups in total. The van der Waals surface area contributed by atoms with Crippen LogP contribution in [0.3, 0.4) is 0 Å². The van der Waals surface area contributed by atoms with E-state index in [4.69, 9.17) is 0 Å². The molecule has 0 aliphatic carbocycles. The van der Waals surface area contributed by atoms with Gasteiger partial charge in [-0.3, -0.25) is 9.89 Å². The van der Waals surface area contributed by atoms with Gasteiger partial charge in [-0.05, 0) is 38.5 Å². The molecule has 0 spiro atoms. The number of piperidine rings is 1. The van der Waals surface area contributed by atoms with Crippen molar-refractivity contribution >= 4 is 5.91 Å². The van der Waals surface area contributed by atoms with E-state index in [9.17, 15) is 4.79 Å². The number of hydrogen-bond donors (Lipinski definition) is 1. The number of amides is 1. The molecule has 1 aromatic carbocycles. The molecular formula is C17H22N4O. The summed E-state index contributed by atoms with van der Waals surface area (Å²) in [6.07, 6.45) is 5.32.